The molecule has 4 nitrogen and oxygen atoms in total. The molecule has 0 aliphatic carbocycles. The lowest BCUT2D eigenvalue weighted by molar-refractivity contribution is -0.121. The van der Waals surface area contributed by atoms with E-state index >= 15 is 0 Å². The molecule has 0 saturated carbocycles. The maximum absolute atomic E-state index is 12.1. The number of aryl methyl sites for hydroxylation is 1. The van der Waals surface area contributed by atoms with Gasteiger partial charge in [-0.3, -0.25) is 9.59 Å². The molecule has 2 N–H and O–H groups in total. The Balaban J connectivity index is 2.66. The number of nitrogens with one attached hydrogen (secondary N) is 2. The Bertz CT molecular complexity index is 413. The highest BCUT2D eigenvalue weighted by Gasteiger charge is 2.18. The molecule has 1 aromatic rings. The number of carbonyl (C=O) groups excluding carboxylic acids is 2. The molecule has 0 heterocycles. The second-order valence-electron chi connectivity index (χ2n) is 5.01. The van der Waals surface area contributed by atoms with Gasteiger partial charge in [0.2, 0.25) is 12.3 Å². The molecule has 1 rings (SSSR count). The molecule has 2 amide bonds. The van der Waals surface area contributed by atoms with Crippen LogP contribution < -0.4 is 10.6 Å². The Labute approximate surface area is 114 Å². The number of benzene rings is 1. The van der Waals surface area contributed by atoms with Gasteiger partial charge in [0.1, 0.15) is 6.04 Å². The summed E-state index contributed by atoms with van der Waals surface area (Å²) in [7, 11) is 0. The minimum atomic E-state index is -0.483. The molecular weight excluding hydrogens is 240 g/mol. The van der Waals surface area contributed by atoms with Gasteiger partial charge in [0, 0.05) is 5.69 Å². The van der Waals surface area contributed by atoms with E-state index in [1.54, 1.807) is 0 Å². The van der Waals surface area contributed by atoms with Gasteiger partial charge in [0.05, 0.1) is 0 Å². The Hall–Kier alpha value is -1.84. The van der Waals surface area contributed by atoms with Crippen LogP contribution in [0, 0.1) is 5.92 Å². The lowest BCUT2D eigenvalue weighted by atomic mass is 10.0. The van der Waals surface area contributed by atoms with Crippen LogP contribution in [-0.4, -0.2) is 18.4 Å². The van der Waals surface area contributed by atoms with Crippen LogP contribution in [0.1, 0.15) is 32.8 Å². The lowest BCUT2D eigenvalue weighted by Crippen LogP contribution is -2.40. The number of anilines is 1. The van der Waals surface area contributed by atoms with Crippen molar-refractivity contribution in [2.45, 2.75) is 39.7 Å². The first-order valence-electron chi connectivity index (χ1n) is 6.66. The number of rotatable bonds is 7. The van der Waals surface area contributed by atoms with E-state index in [1.165, 1.54) is 5.56 Å². The molecule has 19 heavy (non-hydrogen) atoms. The van der Waals surface area contributed by atoms with Gasteiger partial charge in [-0.25, -0.2) is 0 Å². The zero-order valence-electron chi connectivity index (χ0n) is 11.8. The summed E-state index contributed by atoms with van der Waals surface area (Å²) >= 11 is 0. The summed E-state index contributed by atoms with van der Waals surface area (Å²) in [4.78, 5) is 22.6. The van der Waals surface area contributed by atoms with Crippen LogP contribution in [0.2, 0.25) is 0 Å². The van der Waals surface area contributed by atoms with Gasteiger partial charge in [-0.15, -0.1) is 0 Å². The number of hydrogen-bond donors (Lipinski definition) is 2. The fourth-order valence-electron chi connectivity index (χ4n) is 1.86. The molecule has 4 heteroatoms. The molecule has 0 bridgehead atoms. The monoisotopic (exact) mass is 262 g/mol. The SMILES string of the molecule is CCc1ccc(NC(=O)C(CC(C)C)NC=O)cc1. The largest absolute Gasteiger partial charge is 0.347 e. The van der Waals surface area contributed by atoms with Gasteiger partial charge < -0.3 is 10.6 Å². The number of carbonyl (C=O) groups is 2. The maximum atomic E-state index is 12.1. The molecule has 0 spiro atoms. The van der Waals surface area contributed by atoms with Crippen molar-refractivity contribution in [3.8, 4) is 0 Å². The smallest absolute Gasteiger partial charge is 0.246 e. The van der Waals surface area contributed by atoms with Gasteiger partial charge in [0.25, 0.3) is 0 Å². The van der Waals surface area contributed by atoms with Crippen LogP contribution in [0.3, 0.4) is 0 Å². The van der Waals surface area contributed by atoms with Gasteiger partial charge >= 0.3 is 0 Å². The predicted molar refractivity (Wildman–Crippen MR) is 76.9 cm³/mol. The van der Waals surface area contributed by atoms with Crippen LogP contribution in [-0.2, 0) is 16.0 Å². The topological polar surface area (TPSA) is 58.2 Å². The van der Waals surface area contributed by atoms with E-state index in [4.69, 9.17) is 0 Å². The van der Waals surface area contributed by atoms with Gasteiger partial charge in [-0.05, 0) is 36.5 Å². The van der Waals surface area contributed by atoms with E-state index in [0.29, 0.717) is 18.7 Å². The Morgan fingerprint density at radius 2 is 1.89 bits per heavy atom. The zero-order valence-corrected chi connectivity index (χ0v) is 11.8. The molecule has 0 radical (unpaired) electrons. The van der Waals surface area contributed by atoms with Crippen molar-refractivity contribution in [2.75, 3.05) is 5.32 Å². The summed E-state index contributed by atoms with van der Waals surface area (Å²) in [5.41, 5.74) is 1.98. The average Bonchev–Trinajstić information content (AvgIpc) is 2.38. The third kappa shape index (κ3) is 5.12. The fourth-order valence-corrected chi connectivity index (χ4v) is 1.86. The molecule has 104 valence electrons. The van der Waals surface area contributed by atoms with Gasteiger partial charge in [0.15, 0.2) is 0 Å². The molecule has 1 atom stereocenters. The van der Waals surface area contributed by atoms with Gasteiger partial charge in [-0.2, -0.15) is 0 Å². The van der Waals surface area contributed by atoms with E-state index in [0.717, 1.165) is 12.1 Å². The van der Waals surface area contributed by atoms with Crippen molar-refractivity contribution in [3.63, 3.8) is 0 Å². The van der Waals surface area contributed by atoms with Crippen LogP contribution in [0.25, 0.3) is 0 Å². The zero-order chi connectivity index (χ0) is 14.3. The van der Waals surface area contributed by atoms with Crippen LogP contribution in [0.4, 0.5) is 5.69 Å². The Morgan fingerprint density at radius 3 is 2.37 bits per heavy atom. The number of hydrogen-bond acceptors (Lipinski definition) is 2. The maximum Gasteiger partial charge on any atom is 0.246 e. The first kappa shape index (κ1) is 15.2. The Kier molecular flexibility index (Phi) is 6.06. The summed E-state index contributed by atoms with van der Waals surface area (Å²) < 4.78 is 0. The van der Waals surface area contributed by atoms with E-state index in [2.05, 4.69) is 17.6 Å². The minimum absolute atomic E-state index is 0.176. The van der Waals surface area contributed by atoms with E-state index in [9.17, 15) is 9.59 Å². The average molecular weight is 262 g/mol. The van der Waals surface area contributed by atoms with Crippen LogP contribution in [0.5, 0.6) is 0 Å². The molecule has 1 aromatic carbocycles. The molecule has 0 fully saturated rings. The second kappa shape index (κ2) is 7.56. The summed E-state index contributed by atoms with van der Waals surface area (Å²) in [5.74, 6) is 0.163. The van der Waals surface area contributed by atoms with E-state index in [1.807, 2.05) is 38.1 Å². The molecule has 1 unspecified atom stereocenters. The van der Waals surface area contributed by atoms with Crippen molar-refractivity contribution in [3.05, 3.63) is 29.8 Å². The first-order valence-corrected chi connectivity index (χ1v) is 6.66. The van der Waals surface area contributed by atoms with E-state index in [-0.39, 0.29) is 5.91 Å². The van der Waals surface area contributed by atoms with Crippen LogP contribution >= 0.6 is 0 Å². The first-order chi connectivity index (χ1) is 9.06. The van der Waals surface area contributed by atoms with Crippen molar-refractivity contribution in [2.24, 2.45) is 5.92 Å². The highest BCUT2D eigenvalue weighted by molar-refractivity contribution is 5.95. The molecule has 0 aliphatic rings. The fraction of sp³-hybridized carbons (Fsp3) is 0.467. The molecule has 0 aromatic heterocycles. The minimum Gasteiger partial charge on any atom is -0.347 e. The molecule has 0 saturated heterocycles. The summed E-state index contributed by atoms with van der Waals surface area (Å²) in [6, 6.07) is 7.25. The standard InChI is InChI=1S/C15H22N2O2/c1-4-12-5-7-13(8-6-12)17-15(19)14(16-10-18)9-11(2)3/h5-8,10-11,14H,4,9H2,1-3H3,(H,16,18)(H,17,19). The van der Waals surface area contributed by atoms with E-state index < -0.39 is 6.04 Å². The lowest BCUT2D eigenvalue weighted by Gasteiger charge is -2.17. The Morgan fingerprint density at radius 1 is 1.26 bits per heavy atom. The van der Waals surface area contributed by atoms with Crippen molar-refractivity contribution in [1.82, 2.24) is 5.32 Å². The quantitative estimate of drug-likeness (QED) is 0.741. The molecule has 0 aliphatic heterocycles. The highest BCUT2D eigenvalue weighted by Crippen LogP contribution is 2.12. The van der Waals surface area contributed by atoms with Crippen molar-refractivity contribution in [1.29, 1.82) is 0 Å². The van der Waals surface area contributed by atoms with Crippen molar-refractivity contribution >= 4 is 18.0 Å². The summed E-state index contributed by atoms with van der Waals surface area (Å²) in [6.07, 6.45) is 2.17. The third-order valence-corrected chi connectivity index (χ3v) is 2.92. The summed E-state index contributed by atoms with van der Waals surface area (Å²) in [6.45, 7) is 6.12. The van der Waals surface area contributed by atoms with Crippen LogP contribution in [0.15, 0.2) is 24.3 Å². The number of amides is 2. The highest BCUT2D eigenvalue weighted by atomic mass is 16.2. The normalized spacial score (nSPS) is 12.0. The second-order valence-corrected chi connectivity index (χ2v) is 5.01. The predicted octanol–water partition coefficient (Wildman–Crippen LogP) is 2.35. The summed E-state index contributed by atoms with van der Waals surface area (Å²) in [5, 5.41) is 5.39. The van der Waals surface area contributed by atoms with Gasteiger partial charge in [-0.1, -0.05) is 32.9 Å². The third-order valence-electron chi connectivity index (χ3n) is 2.92. The van der Waals surface area contributed by atoms with Crippen molar-refractivity contribution < 1.29 is 9.59 Å². The molecular formula is C15H22N2O2.